The quantitative estimate of drug-likeness (QED) is 0.361. The third-order valence-electron chi connectivity index (χ3n) is 1.33. The Morgan fingerprint density at radius 2 is 1.27 bits per heavy atom. The van der Waals surface area contributed by atoms with Crippen LogP contribution >= 0.6 is 0 Å². The fourth-order valence-corrected chi connectivity index (χ4v) is 1.51. The molecule has 0 heterocycles. The first-order chi connectivity index (χ1) is 6.83. The van der Waals surface area contributed by atoms with Crippen molar-refractivity contribution in [1.29, 1.82) is 0 Å². The topological polar surface area (TPSA) is 144 Å². The van der Waals surface area contributed by atoms with Crippen molar-refractivity contribution in [3.05, 3.63) is 0 Å². The summed E-state index contributed by atoms with van der Waals surface area (Å²) in [4.78, 5) is 20.6. The molecule has 0 aliphatic rings. The monoisotopic (exact) mass is 238 g/mol. The number of nitrogens with one attached hydrogen (secondary N) is 2. The largest absolute Gasteiger partial charge is 0.370 e. The third-order valence-corrected chi connectivity index (χ3v) is 2.50. The van der Waals surface area contributed by atoms with Crippen LogP contribution in [0.4, 0.5) is 0 Å². The first-order valence-electron chi connectivity index (χ1n) is 4.14. The minimum Gasteiger partial charge on any atom is -0.370 e. The molecule has 88 valence electrons. The van der Waals surface area contributed by atoms with Gasteiger partial charge < -0.3 is 11.5 Å². The lowest BCUT2D eigenvalue weighted by molar-refractivity contribution is -0.118. The molecule has 0 saturated carbocycles. The van der Waals surface area contributed by atoms with Gasteiger partial charge in [-0.05, 0) is 0 Å². The van der Waals surface area contributed by atoms with E-state index >= 15 is 0 Å². The summed E-state index contributed by atoms with van der Waals surface area (Å²) in [5.41, 5.74) is 9.61. The van der Waals surface area contributed by atoms with Crippen molar-refractivity contribution in [2.75, 3.05) is 13.1 Å². The number of rotatable bonds is 8. The first kappa shape index (κ1) is 13.8. The van der Waals surface area contributed by atoms with Crippen LogP contribution in [-0.4, -0.2) is 33.3 Å². The van der Waals surface area contributed by atoms with Gasteiger partial charge in [0.15, 0.2) is 0 Å². The number of nitrogens with two attached hydrogens (primary N) is 2. The van der Waals surface area contributed by atoms with Gasteiger partial charge in [-0.25, -0.2) is 9.44 Å². The molecule has 2 amide bonds. The molecule has 0 spiro atoms. The van der Waals surface area contributed by atoms with Crippen LogP contribution in [0.15, 0.2) is 0 Å². The molecule has 0 rings (SSSR count). The lowest BCUT2D eigenvalue weighted by Gasteiger charge is -2.05. The molecule has 0 aromatic rings. The van der Waals surface area contributed by atoms with Crippen LogP contribution in [0.2, 0.25) is 0 Å². The molecule has 6 N–H and O–H groups in total. The molecule has 0 fully saturated rings. The smallest absolute Gasteiger partial charge is 0.276 e. The summed E-state index contributed by atoms with van der Waals surface area (Å²) in [6.45, 7) is -0.164. The summed E-state index contributed by atoms with van der Waals surface area (Å²) in [5, 5.41) is 0. The van der Waals surface area contributed by atoms with Crippen molar-refractivity contribution < 1.29 is 18.0 Å². The normalized spacial score (nSPS) is 11.2. The first-order valence-corrected chi connectivity index (χ1v) is 5.62. The van der Waals surface area contributed by atoms with Crippen molar-refractivity contribution in [2.45, 2.75) is 12.8 Å². The molecule has 0 saturated heterocycles. The Hall–Kier alpha value is -1.19. The summed E-state index contributed by atoms with van der Waals surface area (Å²) in [6.07, 6.45) is -0.173. The molecule has 0 aliphatic carbocycles. The minimum absolute atomic E-state index is 0.0821. The highest BCUT2D eigenvalue weighted by molar-refractivity contribution is 7.87. The fraction of sp³-hybridized carbons (Fsp3) is 0.667. The summed E-state index contributed by atoms with van der Waals surface area (Å²) in [6, 6.07) is 0. The summed E-state index contributed by atoms with van der Waals surface area (Å²) >= 11 is 0. The van der Waals surface area contributed by atoms with Crippen molar-refractivity contribution in [1.82, 2.24) is 9.44 Å². The van der Waals surface area contributed by atoms with Crippen LogP contribution < -0.4 is 20.9 Å². The van der Waals surface area contributed by atoms with Gasteiger partial charge >= 0.3 is 0 Å². The van der Waals surface area contributed by atoms with Crippen LogP contribution in [-0.2, 0) is 19.8 Å². The minimum atomic E-state index is -3.69. The van der Waals surface area contributed by atoms with E-state index in [1.807, 2.05) is 0 Å². The predicted octanol–water partition coefficient (Wildman–Crippen LogP) is -2.84. The number of amides is 2. The zero-order chi connectivity index (χ0) is 11.9. The maximum atomic E-state index is 11.1. The lowest BCUT2D eigenvalue weighted by atomic mass is 10.4. The van der Waals surface area contributed by atoms with Gasteiger partial charge in [0.05, 0.1) is 0 Å². The highest BCUT2D eigenvalue weighted by atomic mass is 32.2. The van der Waals surface area contributed by atoms with E-state index in [0.717, 1.165) is 0 Å². The maximum Gasteiger partial charge on any atom is 0.276 e. The molecular weight excluding hydrogens is 224 g/mol. The Kier molecular flexibility index (Phi) is 5.82. The van der Waals surface area contributed by atoms with Gasteiger partial charge in [-0.2, -0.15) is 8.42 Å². The number of primary amides is 2. The van der Waals surface area contributed by atoms with Gasteiger partial charge in [-0.3, -0.25) is 9.59 Å². The van der Waals surface area contributed by atoms with Crippen LogP contribution in [0, 0.1) is 0 Å². The molecule has 0 bridgehead atoms. The van der Waals surface area contributed by atoms with E-state index in [0.29, 0.717) is 0 Å². The van der Waals surface area contributed by atoms with Crippen LogP contribution in [0.3, 0.4) is 0 Å². The Morgan fingerprint density at radius 3 is 1.53 bits per heavy atom. The van der Waals surface area contributed by atoms with Crippen LogP contribution in [0.5, 0.6) is 0 Å². The second-order valence-corrected chi connectivity index (χ2v) is 4.31. The molecule has 0 atom stereocenters. The van der Waals surface area contributed by atoms with Gasteiger partial charge in [0.25, 0.3) is 10.2 Å². The lowest BCUT2D eigenvalue weighted by Crippen LogP contribution is -2.39. The summed E-state index contributed by atoms with van der Waals surface area (Å²) < 4.78 is 26.3. The molecule has 0 radical (unpaired) electrons. The molecular formula is C6H14N4O4S. The van der Waals surface area contributed by atoms with E-state index in [1.165, 1.54) is 0 Å². The summed E-state index contributed by atoms with van der Waals surface area (Å²) in [5.74, 6) is -1.20. The number of hydrogen-bond acceptors (Lipinski definition) is 4. The van der Waals surface area contributed by atoms with Gasteiger partial charge in [0, 0.05) is 25.9 Å². The fourth-order valence-electron chi connectivity index (χ4n) is 0.668. The molecule has 0 aromatic heterocycles. The van der Waals surface area contributed by atoms with Gasteiger partial charge in [0.2, 0.25) is 11.8 Å². The molecule has 0 aliphatic heterocycles. The molecule has 15 heavy (non-hydrogen) atoms. The van der Waals surface area contributed by atoms with Gasteiger partial charge in [-0.15, -0.1) is 0 Å². The Labute approximate surface area is 87.6 Å². The van der Waals surface area contributed by atoms with Crippen molar-refractivity contribution in [2.24, 2.45) is 11.5 Å². The maximum absolute atomic E-state index is 11.1. The zero-order valence-electron chi connectivity index (χ0n) is 8.02. The Morgan fingerprint density at radius 1 is 0.933 bits per heavy atom. The molecule has 8 nitrogen and oxygen atoms in total. The van der Waals surface area contributed by atoms with Crippen molar-refractivity contribution in [3.63, 3.8) is 0 Å². The van der Waals surface area contributed by atoms with Crippen molar-refractivity contribution >= 4 is 22.0 Å². The van der Waals surface area contributed by atoms with E-state index in [9.17, 15) is 18.0 Å². The summed E-state index contributed by atoms with van der Waals surface area (Å²) in [7, 11) is -3.69. The number of carbonyl (C=O) groups is 2. The van der Waals surface area contributed by atoms with E-state index in [4.69, 9.17) is 11.5 Å². The average Bonchev–Trinajstić information content (AvgIpc) is 2.01. The highest BCUT2D eigenvalue weighted by Crippen LogP contribution is 1.81. The van der Waals surface area contributed by atoms with Gasteiger partial charge in [-0.1, -0.05) is 0 Å². The second kappa shape index (κ2) is 6.32. The predicted molar refractivity (Wildman–Crippen MR) is 52.5 cm³/mol. The number of carbonyl (C=O) groups excluding carboxylic acids is 2. The molecule has 0 unspecified atom stereocenters. The second-order valence-electron chi connectivity index (χ2n) is 2.72. The van der Waals surface area contributed by atoms with Gasteiger partial charge in [0.1, 0.15) is 0 Å². The Bertz CT molecular complexity index is 300. The third kappa shape index (κ3) is 9.12. The van der Waals surface area contributed by atoms with Crippen molar-refractivity contribution in [3.8, 4) is 0 Å². The SMILES string of the molecule is NC(=O)CCNS(=O)(=O)NCCC(N)=O. The Balaban J connectivity index is 3.77. The van der Waals surface area contributed by atoms with E-state index in [1.54, 1.807) is 0 Å². The molecule has 9 heteroatoms. The van der Waals surface area contributed by atoms with Crippen LogP contribution in [0.1, 0.15) is 12.8 Å². The number of hydrogen-bond donors (Lipinski definition) is 4. The van der Waals surface area contributed by atoms with E-state index in [-0.39, 0.29) is 25.9 Å². The van der Waals surface area contributed by atoms with Crippen LogP contribution in [0.25, 0.3) is 0 Å². The highest BCUT2D eigenvalue weighted by Gasteiger charge is 2.08. The standard InChI is InChI=1S/C6H14N4O4S/c7-5(11)1-3-9-15(13,14)10-4-2-6(8)12/h9-10H,1-4H2,(H2,7,11)(H2,8,12). The van der Waals surface area contributed by atoms with E-state index < -0.39 is 22.0 Å². The molecule has 0 aromatic carbocycles. The average molecular weight is 238 g/mol. The zero-order valence-corrected chi connectivity index (χ0v) is 8.84. The van der Waals surface area contributed by atoms with E-state index in [2.05, 4.69) is 9.44 Å².